The summed E-state index contributed by atoms with van der Waals surface area (Å²) in [6.45, 7) is 2.05. The van der Waals surface area contributed by atoms with E-state index in [0.29, 0.717) is 22.0 Å². The Morgan fingerprint density at radius 2 is 1.90 bits per heavy atom. The van der Waals surface area contributed by atoms with Crippen molar-refractivity contribution in [2.24, 2.45) is 0 Å². The van der Waals surface area contributed by atoms with Gasteiger partial charge in [-0.1, -0.05) is 36.7 Å². The smallest absolute Gasteiger partial charge is 0.300 e. The van der Waals surface area contributed by atoms with Crippen molar-refractivity contribution < 1.29 is 19.4 Å². The fourth-order valence-electron chi connectivity index (χ4n) is 3.68. The lowest BCUT2D eigenvalue weighted by Crippen LogP contribution is -2.29. The lowest BCUT2D eigenvalue weighted by atomic mass is 9.99. The summed E-state index contributed by atoms with van der Waals surface area (Å²) in [5.41, 5.74) is 2.10. The molecule has 1 unspecified atom stereocenters. The molecule has 1 fully saturated rings. The maximum atomic E-state index is 13.1. The Labute approximate surface area is 189 Å². The van der Waals surface area contributed by atoms with Crippen LogP contribution in [0.15, 0.2) is 65.6 Å². The molecular formula is C24H20ClNO4S. The summed E-state index contributed by atoms with van der Waals surface area (Å²) in [4.78, 5) is 28.4. The van der Waals surface area contributed by atoms with Gasteiger partial charge in [-0.25, -0.2) is 0 Å². The van der Waals surface area contributed by atoms with Crippen LogP contribution in [0.25, 0.3) is 5.76 Å². The number of hydrogen-bond acceptors (Lipinski definition) is 5. The van der Waals surface area contributed by atoms with Crippen LogP contribution >= 0.6 is 22.9 Å². The molecule has 1 saturated heterocycles. The molecule has 0 spiro atoms. The first-order valence-electron chi connectivity index (χ1n) is 9.73. The molecule has 2 heterocycles. The highest BCUT2D eigenvalue weighted by molar-refractivity contribution is 7.10. The van der Waals surface area contributed by atoms with Crippen LogP contribution in [0.5, 0.6) is 5.75 Å². The van der Waals surface area contributed by atoms with E-state index in [1.807, 2.05) is 48.7 Å². The van der Waals surface area contributed by atoms with Gasteiger partial charge in [0.1, 0.15) is 17.6 Å². The summed E-state index contributed by atoms with van der Waals surface area (Å²) >= 11 is 7.63. The fourth-order valence-corrected chi connectivity index (χ4v) is 4.76. The van der Waals surface area contributed by atoms with Crippen molar-refractivity contribution in [1.29, 1.82) is 0 Å². The number of rotatable bonds is 5. The van der Waals surface area contributed by atoms with E-state index in [1.165, 1.54) is 29.4 Å². The molecule has 31 heavy (non-hydrogen) atoms. The molecule has 7 heteroatoms. The molecule has 2 aromatic carbocycles. The van der Waals surface area contributed by atoms with Crippen LogP contribution in [0, 0.1) is 0 Å². The van der Waals surface area contributed by atoms with E-state index in [0.717, 1.165) is 16.9 Å². The average molecular weight is 454 g/mol. The van der Waals surface area contributed by atoms with Crippen LogP contribution in [0.2, 0.25) is 5.02 Å². The minimum absolute atomic E-state index is 0.0354. The van der Waals surface area contributed by atoms with E-state index in [4.69, 9.17) is 16.3 Å². The second kappa shape index (κ2) is 8.57. The van der Waals surface area contributed by atoms with Crippen molar-refractivity contribution in [3.05, 3.63) is 86.6 Å². The number of ether oxygens (including phenoxy) is 1. The molecule has 3 aromatic rings. The summed E-state index contributed by atoms with van der Waals surface area (Å²) < 4.78 is 5.16. The van der Waals surface area contributed by atoms with Gasteiger partial charge >= 0.3 is 0 Å². The Kier molecular flexibility index (Phi) is 5.85. The normalized spacial score (nSPS) is 17.9. The maximum absolute atomic E-state index is 13.1. The minimum atomic E-state index is -0.734. The highest BCUT2D eigenvalue weighted by Crippen LogP contribution is 2.44. The molecule has 0 radical (unpaired) electrons. The van der Waals surface area contributed by atoms with Gasteiger partial charge in [0.25, 0.3) is 11.7 Å². The number of aliphatic hydroxyl groups excluding tert-OH is 1. The molecule has 1 atom stereocenters. The standard InChI is InChI=1S/C24H20ClNO4S/c1-3-14-6-9-16(10-7-14)26-21(19-5-4-12-31-19)20(23(28)24(26)29)22(27)15-8-11-18(30-2)17(25)13-15/h4-13,21,27H,3H2,1-2H3/b22-20-. The van der Waals surface area contributed by atoms with Crippen LogP contribution < -0.4 is 9.64 Å². The van der Waals surface area contributed by atoms with Gasteiger partial charge < -0.3 is 9.84 Å². The van der Waals surface area contributed by atoms with Crippen LogP contribution in [0.3, 0.4) is 0 Å². The van der Waals surface area contributed by atoms with Gasteiger partial charge in [-0.15, -0.1) is 11.3 Å². The fraction of sp³-hybridized carbons (Fsp3) is 0.167. The molecule has 1 aromatic heterocycles. The van der Waals surface area contributed by atoms with Crippen LogP contribution in [-0.2, 0) is 16.0 Å². The number of carbonyl (C=O) groups excluding carboxylic acids is 2. The van der Waals surface area contributed by atoms with Gasteiger partial charge in [-0.3, -0.25) is 14.5 Å². The van der Waals surface area contributed by atoms with Gasteiger partial charge in [0.2, 0.25) is 0 Å². The van der Waals surface area contributed by atoms with E-state index < -0.39 is 17.7 Å². The summed E-state index contributed by atoms with van der Waals surface area (Å²) in [5.74, 6) is -1.23. The highest BCUT2D eigenvalue weighted by atomic mass is 35.5. The van der Waals surface area contributed by atoms with Crippen LogP contribution in [-0.4, -0.2) is 23.9 Å². The number of anilines is 1. The number of benzene rings is 2. The van der Waals surface area contributed by atoms with Gasteiger partial charge in [-0.05, 0) is 53.8 Å². The molecule has 1 aliphatic heterocycles. The van der Waals surface area contributed by atoms with Crippen molar-refractivity contribution in [2.75, 3.05) is 12.0 Å². The van der Waals surface area contributed by atoms with E-state index in [-0.39, 0.29) is 11.3 Å². The predicted octanol–water partition coefficient (Wildman–Crippen LogP) is 5.60. The molecule has 0 bridgehead atoms. The molecule has 0 aliphatic carbocycles. The van der Waals surface area contributed by atoms with Crippen molar-refractivity contribution in [2.45, 2.75) is 19.4 Å². The zero-order chi connectivity index (χ0) is 22.1. The summed E-state index contributed by atoms with van der Waals surface area (Å²) in [6, 6.07) is 15.2. The highest BCUT2D eigenvalue weighted by Gasteiger charge is 2.47. The first-order chi connectivity index (χ1) is 15.0. The number of amides is 1. The van der Waals surface area contributed by atoms with Crippen molar-refractivity contribution in [1.82, 2.24) is 0 Å². The first-order valence-corrected chi connectivity index (χ1v) is 11.0. The Morgan fingerprint density at radius 1 is 1.16 bits per heavy atom. The molecule has 1 aliphatic rings. The second-order valence-electron chi connectivity index (χ2n) is 7.05. The van der Waals surface area contributed by atoms with E-state index in [9.17, 15) is 14.7 Å². The van der Waals surface area contributed by atoms with Crippen LogP contribution in [0.1, 0.15) is 29.0 Å². The number of Topliss-reactive ketones (excluding diaryl/α,β-unsaturated/α-hetero) is 1. The molecule has 5 nitrogen and oxygen atoms in total. The number of hydrogen-bond donors (Lipinski definition) is 1. The third-order valence-electron chi connectivity index (χ3n) is 5.31. The molecule has 1 N–H and O–H groups in total. The summed E-state index contributed by atoms with van der Waals surface area (Å²) in [7, 11) is 1.49. The number of halogens is 1. The van der Waals surface area contributed by atoms with E-state index in [2.05, 4.69) is 0 Å². The lowest BCUT2D eigenvalue weighted by Gasteiger charge is -2.24. The number of aryl methyl sites for hydroxylation is 1. The lowest BCUT2D eigenvalue weighted by molar-refractivity contribution is -0.132. The maximum Gasteiger partial charge on any atom is 0.300 e. The summed E-state index contributed by atoms with van der Waals surface area (Å²) in [5, 5.41) is 13.3. The van der Waals surface area contributed by atoms with Crippen LogP contribution in [0.4, 0.5) is 5.69 Å². The van der Waals surface area contributed by atoms with Gasteiger partial charge in [0.05, 0.1) is 17.7 Å². The predicted molar refractivity (Wildman–Crippen MR) is 123 cm³/mol. The third kappa shape index (κ3) is 3.73. The quantitative estimate of drug-likeness (QED) is 0.310. The largest absolute Gasteiger partial charge is 0.507 e. The number of thiophene rings is 1. The number of methoxy groups -OCH3 is 1. The van der Waals surface area contributed by atoms with E-state index >= 15 is 0 Å². The Balaban J connectivity index is 1.88. The molecule has 158 valence electrons. The van der Waals surface area contributed by atoms with Gasteiger partial charge in [-0.2, -0.15) is 0 Å². The Morgan fingerprint density at radius 3 is 2.48 bits per heavy atom. The number of nitrogens with zero attached hydrogens (tertiary/aromatic N) is 1. The van der Waals surface area contributed by atoms with Crippen molar-refractivity contribution in [3.8, 4) is 5.75 Å². The average Bonchev–Trinajstić information content (AvgIpc) is 3.40. The number of aliphatic hydroxyl groups is 1. The summed E-state index contributed by atoms with van der Waals surface area (Å²) in [6.07, 6.45) is 0.867. The molecule has 0 saturated carbocycles. The first kappa shape index (κ1) is 21.2. The third-order valence-corrected chi connectivity index (χ3v) is 6.53. The Hall–Kier alpha value is -3.09. The number of carbonyl (C=O) groups is 2. The monoisotopic (exact) mass is 453 g/mol. The Bertz CT molecular complexity index is 1170. The van der Waals surface area contributed by atoms with E-state index in [1.54, 1.807) is 12.1 Å². The topological polar surface area (TPSA) is 66.8 Å². The SMILES string of the molecule is CCc1ccc(N2C(=O)C(=O)/C(=C(\O)c3ccc(OC)c(Cl)c3)C2c2cccs2)cc1. The minimum Gasteiger partial charge on any atom is -0.507 e. The van der Waals surface area contributed by atoms with Crippen molar-refractivity contribution in [3.63, 3.8) is 0 Å². The number of ketones is 1. The van der Waals surface area contributed by atoms with Gasteiger partial charge in [0.15, 0.2) is 0 Å². The zero-order valence-electron chi connectivity index (χ0n) is 17.0. The molecular weight excluding hydrogens is 434 g/mol. The zero-order valence-corrected chi connectivity index (χ0v) is 18.5. The van der Waals surface area contributed by atoms with Gasteiger partial charge in [0, 0.05) is 16.1 Å². The van der Waals surface area contributed by atoms with Crippen molar-refractivity contribution >= 4 is 46.1 Å². The second-order valence-corrected chi connectivity index (χ2v) is 8.44. The molecule has 1 amide bonds. The molecule has 4 rings (SSSR count).